The van der Waals surface area contributed by atoms with E-state index in [1.807, 2.05) is 17.6 Å². The van der Waals surface area contributed by atoms with Gasteiger partial charge in [-0.1, -0.05) is 19.3 Å². The van der Waals surface area contributed by atoms with Crippen LogP contribution >= 0.6 is 22.9 Å². The minimum Gasteiger partial charge on any atom is -0.348 e. The van der Waals surface area contributed by atoms with Crippen LogP contribution in [0.4, 0.5) is 5.95 Å². The van der Waals surface area contributed by atoms with Gasteiger partial charge >= 0.3 is 0 Å². The molecule has 1 aliphatic rings. The lowest BCUT2D eigenvalue weighted by Gasteiger charge is -2.36. The third-order valence-electron chi connectivity index (χ3n) is 3.65. The number of halogens is 1. The van der Waals surface area contributed by atoms with Gasteiger partial charge in [0.05, 0.1) is 5.54 Å². The van der Waals surface area contributed by atoms with Crippen molar-refractivity contribution in [2.75, 3.05) is 11.2 Å². The minimum absolute atomic E-state index is 0.00918. The highest BCUT2D eigenvalue weighted by Crippen LogP contribution is 2.32. The van der Waals surface area contributed by atoms with E-state index in [0.717, 1.165) is 23.1 Å². The average Bonchev–Trinajstić information content (AvgIpc) is 2.87. The molecule has 96 valence electrons. The van der Waals surface area contributed by atoms with E-state index in [0.29, 0.717) is 11.8 Å². The van der Waals surface area contributed by atoms with E-state index in [9.17, 15) is 0 Å². The van der Waals surface area contributed by atoms with Gasteiger partial charge in [0.2, 0.25) is 5.95 Å². The van der Waals surface area contributed by atoms with E-state index in [1.54, 1.807) is 11.3 Å². The molecule has 0 spiro atoms. The Balaban J connectivity index is 1.85. The number of alkyl halides is 1. The fraction of sp³-hybridized carbons (Fsp3) is 0.538. The summed E-state index contributed by atoms with van der Waals surface area (Å²) in [6.45, 7) is 0. The van der Waals surface area contributed by atoms with E-state index < -0.39 is 0 Å². The molecule has 0 aromatic carbocycles. The molecular weight excluding hydrogens is 266 g/mol. The van der Waals surface area contributed by atoms with Crippen molar-refractivity contribution in [3.63, 3.8) is 0 Å². The van der Waals surface area contributed by atoms with Gasteiger partial charge in [-0.05, 0) is 24.3 Å². The third kappa shape index (κ3) is 2.31. The second-order valence-corrected chi connectivity index (χ2v) is 6.14. The molecule has 0 atom stereocenters. The molecule has 2 heterocycles. The molecule has 1 N–H and O–H groups in total. The molecule has 1 saturated carbocycles. The Morgan fingerprint density at radius 1 is 1.33 bits per heavy atom. The first-order valence-electron chi connectivity index (χ1n) is 6.36. The predicted octanol–water partition coefficient (Wildman–Crippen LogP) is 4.04. The lowest BCUT2D eigenvalue weighted by molar-refractivity contribution is 0.351. The lowest BCUT2D eigenvalue weighted by Crippen LogP contribution is -2.42. The van der Waals surface area contributed by atoms with Crippen LogP contribution in [0, 0.1) is 0 Å². The van der Waals surface area contributed by atoms with Crippen LogP contribution in [0.5, 0.6) is 0 Å². The molecule has 3 nitrogen and oxygen atoms in total. The summed E-state index contributed by atoms with van der Waals surface area (Å²) in [5.41, 5.74) is -0.00918. The van der Waals surface area contributed by atoms with E-state index in [1.165, 1.54) is 19.3 Å². The fourth-order valence-electron chi connectivity index (χ4n) is 2.57. The number of nitrogens with zero attached hydrogens (tertiary/aromatic N) is 2. The van der Waals surface area contributed by atoms with Gasteiger partial charge in [-0.2, -0.15) is 0 Å². The summed E-state index contributed by atoms with van der Waals surface area (Å²) in [6.07, 6.45) is 7.89. The van der Waals surface area contributed by atoms with Gasteiger partial charge in [-0.3, -0.25) is 0 Å². The van der Waals surface area contributed by atoms with Crippen LogP contribution in [0.25, 0.3) is 10.2 Å². The Morgan fingerprint density at radius 2 is 2.17 bits per heavy atom. The maximum absolute atomic E-state index is 6.17. The van der Waals surface area contributed by atoms with Crippen molar-refractivity contribution < 1.29 is 0 Å². The highest BCUT2D eigenvalue weighted by Gasteiger charge is 2.31. The summed E-state index contributed by atoms with van der Waals surface area (Å²) in [5, 5.41) is 6.63. The summed E-state index contributed by atoms with van der Waals surface area (Å²) in [7, 11) is 0. The topological polar surface area (TPSA) is 37.8 Å². The number of rotatable bonds is 3. The Labute approximate surface area is 116 Å². The lowest BCUT2D eigenvalue weighted by atomic mass is 9.83. The summed E-state index contributed by atoms with van der Waals surface area (Å²) >= 11 is 7.81. The molecule has 1 aliphatic carbocycles. The summed E-state index contributed by atoms with van der Waals surface area (Å²) in [5.74, 6) is 1.34. The van der Waals surface area contributed by atoms with Crippen molar-refractivity contribution >= 4 is 39.1 Å². The molecule has 5 heteroatoms. The first-order valence-corrected chi connectivity index (χ1v) is 7.77. The summed E-state index contributed by atoms with van der Waals surface area (Å²) in [4.78, 5) is 9.99. The molecule has 0 unspecified atom stereocenters. The highest BCUT2D eigenvalue weighted by molar-refractivity contribution is 7.16. The molecule has 2 aromatic heterocycles. The van der Waals surface area contributed by atoms with E-state index in [-0.39, 0.29) is 5.54 Å². The van der Waals surface area contributed by atoms with Gasteiger partial charge in [0, 0.05) is 17.5 Å². The van der Waals surface area contributed by atoms with Crippen LogP contribution < -0.4 is 5.32 Å². The second kappa shape index (κ2) is 5.02. The summed E-state index contributed by atoms with van der Waals surface area (Å²) < 4.78 is 0. The van der Waals surface area contributed by atoms with Gasteiger partial charge < -0.3 is 5.32 Å². The van der Waals surface area contributed by atoms with Crippen molar-refractivity contribution in [2.45, 2.75) is 37.6 Å². The first kappa shape index (κ1) is 12.2. The van der Waals surface area contributed by atoms with Gasteiger partial charge in [0.25, 0.3) is 0 Å². The Hall–Kier alpha value is -0.870. The Morgan fingerprint density at radius 3 is 2.94 bits per heavy atom. The zero-order valence-electron chi connectivity index (χ0n) is 10.2. The third-order valence-corrected chi connectivity index (χ3v) is 4.99. The molecule has 2 aromatic rings. The highest BCUT2D eigenvalue weighted by atomic mass is 35.5. The minimum atomic E-state index is -0.00918. The normalized spacial score (nSPS) is 18.9. The number of hydrogen-bond donors (Lipinski definition) is 1. The molecule has 0 radical (unpaired) electrons. The molecule has 0 amide bonds. The van der Waals surface area contributed by atoms with Crippen LogP contribution in [-0.2, 0) is 0 Å². The molecule has 18 heavy (non-hydrogen) atoms. The molecule has 1 fully saturated rings. The monoisotopic (exact) mass is 281 g/mol. The van der Waals surface area contributed by atoms with Crippen molar-refractivity contribution in [1.29, 1.82) is 0 Å². The molecule has 0 bridgehead atoms. The number of aromatic nitrogens is 2. The number of anilines is 1. The SMILES string of the molecule is ClCC1(Nc2ncc3ccsc3n2)CCCCC1. The average molecular weight is 282 g/mol. The van der Waals surface area contributed by atoms with Crippen molar-refractivity contribution in [2.24, 2.45) is 0 Å². The maximum Gasteiger partial charge on any atom is 0.224 e. The Bertz CT molecular complexity index is 534. The zero-order chi connectivity index (χ0) is 12.4. The fourth-order valence-corrected chi connectivity index (χ4v) is 3.65. The number of nitrogens with one attached hydrogen (secondary N) is 1. The van der Waals surface area contributed by atoms with Crippen LogP contribution in [0.3, 0.4) is 0 Å². The summed E-state index contributed by atoms with van der Waals surface area (Å²) in [6, 6.07) is 2.04. The predicted molar refractivity (Wildman–Crippen MR) is 77.6 cm³/mol. The van der Waals surface area contributed by atoms with Gasteiger partial charge in [-0.15, -0.1) is 22.9 Å². The van der Waals surface area contributed by atoms with E-state index >= 15 is 0 Å². The first-order chi connectivity index (χ1) is 8.81. The molecule has 0 saturated heterocycles. The molecule has 3 rings (SSSR count). The van der Waals surface area contributed by atoms with Crippen molar-refractivity contribution in [3.05, 3.63) is 17.6 Å². The molecule has 0 aliphatic heterocycles. The molecular formula is C13H16ClN3S. The number of thiophene rings is 1. The van der Waals surface area contributed by atoms with Gasteiger partial charge in [-0.25, -0.2) is 9.97 Å². The van der Waals surface area contributed by atoms with Crippen LogP contribution in [0.15, 0.2) is 17.6 Å². The van der Waals surface area contributed by atoms with Crippen molar-refractivity contribution in [3.8, 4) is 0 Å². The van der Waals surface area contributed by atoms with Crippen LogP contribution in [0.2, 0.25) is 0 Å². The second-order valence-electron chi connectivity index (χ2n) is 4.97. The zero-order valence-corrected chi connectivity index (χ0v) is 11.7. The van der Waals surface area contributed by atoms with Gasteiger partial charge in [0.1, 0.15) is 4.83 Å². The van der Waals surface area contributed by atoms with E-state index in [4.69, 9.17) is 11.6 Å². The smallest absolute Gasteiger partial charge is 0.224 e. The quantitative estimate of drug-likeness (QED) is 0.863. The van der Waals surface area contributed by atoms with Crippen molar-refractivity contribution in [1.82, 2.24) is 9.97 Å². The largest absolute Gasteiger partial charge is 0.348 e. The number of hydrogen-bond acceptors (Lipinski definition) is 4. The van der Waals surface area contributed by atoms with E-state index in [2.05, 4.69) is 15.3 Å². The Kier molecular flexibility index (Phi) is 3.39. The van der Waals surface area contributed by atoms with Gasteiger partial charge in [0.15, 0.2) is 0 Å². The van der Waals surface area contributed by atoms with Crippen LogP contribution in [-0.4, -0.2) is 21.4 Å². The maximum atomic E-state index is 6.17. The van der Waals surface area contributed by atoms with Crippen LogP contribution in [0.1, 0.15) is 32.1 Å². The standard InChI is InChI=1S/C13H16ClN3S/c14-9-13(5-2-1-3-6-13)17-12-15-8-10-4-7-18-11(10)16-12/h4,7-8H,1-3,5-6,9H2,(H,15,16,17). The number of fused-ring (bicyclic) bond motifs is 1.